The van der Waals surface area contributed by atoms with E-state index in [4.69, 9.17) is 4.74 Å². The van der Waals surface area contributed by atoms with Crippen molar-refractivity contribution in [2.24, 2.45) is 0 Å². The predicted octanol–water partition coefficient (Wildman–Crippen LogP) is 2.59. The number of aromatic nitrogens is 1. The van der Waals surface area contributed by atoms with Gasteiger partial charge < -0.3 is 10.1 Å². The lowest BCUT2D eigenvalue weighted by atomic mass is 10.0. The van der Waals surface area contributed by atoms with Crippen LogP contribution in [0.1, 0.15) is 17.3 Å². The minimum atomic E-state index is 0.269. The Labute approximate surface area is 108 Å². The van der Waals surface area contributed by atoms with Crippen LogP contribution < -0.4 is 10.1 Å². The van der Waals surface area contributed by atoms with Gasteiger partial charge in [-0.15, -0.1) is 0 Å². The Bertz CT molecular complexity index is 485. The smallest absolute Gasteiger partial charge is 0.213 e. The molecule has 1 unspecified atom stereocenters. The van der Waals surface area contributed by atoms with E-state index in [1.807, 2.05) is 31.3 Å². The first-order valence-corrected chi connectivity index (χ1v) is 6.05. The normalized spacial score (nSPS) is 12.1. The highest BCUT2D eigenvalue weighted by molar-refractivity contribution is 5.22. The van der Waals surface area contributed by atoms with Gasteiger partial charge in [0.25, 0.3) is 0 Å². The second-order valence-electron chi connectivity index (χ2n) is 4.13. The van der Waals surface area contributed by atoms with E-state index >= 15 is 0 Å². The summed E-state index contributed by atoms with van der Waals surface area (Å²) in [6, 6.07) is 16.5. The molecule has 0 aliphatic heterocycles. The molecule has 3 heteroatoms. The molecule has 0 saturated carbocycles. The van der Waals surface area contributed by atoms with Crippen LogP contribution in [-0.4, -0.2) is 19.1 Å². The molecule has 0 aliphatic rings. The molecule has 0 fully saturated rings. The third-order valence-corrected chi connectivity index (χ3v) is 2.95. The van der Waals surface area contributed by atoms with Crippen LogP contribution in [0.5, 0.6) is 5.88 Å². The molecule has 1 N–H and O–H groups in total. The quantitative estimate of drug-likeness (QED) is 0.875. The van der Waals surface area contributed by atoms with E-state index in [1.165, 1.54) is 5.56 Å². The molecule has 2 rings (SSSR count). The second-order valence-corrected chi connectivity index (χ2v) is 4.13. The van der Waals surface area contributed by atoms with Crippen molar-refractivity contribution in [2.75, 3.05) is 14.2 Å². The zero-order chi connectivity index (χ0) is 12.8. The van der Waals surface area contributed by atoms with E-state index in [0.29, 0.717) is 5.88 Å². The van der Waals surface area contributed by atoms with E-state index in [-0.39, 0.29) is 6.04 Å². The summed E-state index contributed by atoms with van der Waals surface area (Å²) in [5.41, 5.74) is 2.29. The monoisotopic (exact) mass is 242 g/mol. The van der Waals surface area contributed by atoms with Gasteiger partial charge in [-0.1, -0.05) is 36.4 Å². The molecule has 0 amide bonds. The average molecular weight is 242 g/mol. The first kappa shape index (κ1) is 12.6. The van der Waals surface area contributed by atoms with Gasteiger partial charge in [0.05, 0.1) is 7.11 Å². The molecule has 1 aromatic carbocycles. The van der Waals surface area contributed by atoms with Crippen molar-refractivity contribution in [3.63, 3.8) is 0 Å². The molecule has 0 aliphatic carbocycles. The largest absolute Gasteiger partial charge is 0.481 e. The first-order valence-electron chi connectivity index (χ1n) is 6.05. The maximum absolute atomic E-state index is 5.14. The van der Waals surface area contributed by atoms with Gasteiger partial charge >= 0.3 is 0 Å². The number of benzene rings is 1. The summed E-state index contributed by atoms with van der Waals surface area (Å²) in [6.07, 6.45) is 0.845. The number of nitrogens with zero attached hydrogens (tertiary/aromatic N) is 1. The summed E-state index contributed by atoms with van der Waals surface area (Å²) in [4.78, 5) is 4.44. The SMILES string of the molecule is CNC(Cc1cccc(OC)n1)c1ccccc1. The predicted molar refractivity (Wildman–Crippen MR) is 72.7 cm³/mol. The van der Waals surface area contributed by atoms with Crippen molar-refractivity contribution >= 4 is 0 Å². The summed E-state index contributed by atoms with van der Waals surface area (Å²) in [6.45, 7) is 0. The second kappa shape index (κ2) is 6.17. The third kappa shape index (κ3) is 3.08. The van der Waals surface area contributed by atoms with Gasteiger partial charge in [-0.3, -0.25) is 0 Å². The van der Waals surface area contributed by atoms with Crippen LogP contribution in [0.4, 0.5) is 0 Å². The maximum atomic E-state index is 5.14. The fourth-order valence-corrected chi connectivity index (χ4v) is 1.97. The van der Waals surface area contributed by atoms with Crippen LogP contribution in [0.3, 0.4) is 0 Å². The van der Waals surface area contributed by atoms with Gasteiger partial charge in [-0.25, -0.2) is 4.98 Å². The lowest BCUT2D eigenvalue weighted by molar-refractivity contribution is 0.395. The summed E-state index contributed by atoms with van der Waals surface area (Å²) >= 11 is 0. The van der Waals surface area contributed by atoms with Gasteiger partial charge in [-0.2, -0.15) is 0 Å². The molecule has 94 valence electrons. The molecule has 2 aromatic rings. The van der Waals surface area contributed by atoms with Crippen LogP contribution in [0.15, 0.2) is 48.5 Å². The lowest BCUT2D eigenvalue weighted by Crippen LogP contribution is -2.19. The molecule has 0 spiro atoms. The van der Waals surface area contributed by atoms with Crippen LogP contribution in [0.25, 0.3) is 0 Å². The number of hydrogen-bond acceptors (Lipinski definition) is 3. The number of methoxy groups -OCH3 is 1. The van der Waals surface area contributed by atoms with Crippen LogP contribution in [-0.2, 0) is 6.42 Å². The summed E-state index contributed by atoms with van der Waals surface area (Å²) in [5.74, 6) is 0.662. The van der Waals surface area contributed by atoms with Crippen molar-refractivity contribution in [2.45, 2.75) is 12.5 Å². The van der Waals surface area contributed by atoms with Crippen molar-refractivity contribution in [1.29, 1.82) is 0 Å². The molecule has 0 radical (unpaired) electrons. The standard InChI is InChI=1S/C15H18N2O/c1-16-14(12-7-4-3-5-8-12)11-13-9-6-10-15(17-13)18-2/h3-10,14,16H,11H2,1-2H3. The number of ether oxygens (including phenoxy) is 1. The molecular weight excluding hydrogens is 224 g/mol. The van der Waals surface area contributed by atoms with Crippen LogP contribution in [0, 0.1) is 0 Å². The highest BCUT2D eigenvalue weighted by Crippen LogP contribution is 2.18. The van der Waals surface area contributed by atoms with E-state index < -0.39 is 0 Å². The Morgan fingerprint density at radius 3 is 2.56 bits per heavy atom. The van der Waals surface area contributed by atoms with Crippen LogP contribution >= 0.6 is 0 Å². The number of nitrogens with one attached hydrogen (secondary N) is 1. The number of pyridine rings is 1. The number of likely N-dealkylation sites (N-methyl/N-ethyl adjacent to an activating group) is 1. The summed E-state index contributed by atoms with van der Waals surface area (Å²) in [7, 11) is 3.61. The first-order chi connectivity index (χ1) is 8.83. The van der Waals surface area contributed by atoms with Crippen molar-refractivity contribution in [1.82, 2.24) is 10.3 Å². The van der Waals surface area contributed by atoms with Crippen LogP contribution in [0.2, 0.25) is 0 Å². The molecule has 0 bridgehead atoms. The Hall–Kier alpha value is -1.87. The Morgan fingerprint density at radius 2 is 1.89 bits per heavy atom. The van der Waals surface area contributed by atoms with E-state index in [0.717, 1.165) is 12.1 Å². The highest BCUT2D eigenvalue weighted by Gasteiger charge is 2.10. The molecule has 1 heterocycles. The molecule has 0 saturated heterocycles. The van der Waals surface area contributed by atoms with E-state index in [1.54, 1.807) is 7.11 Å². The molecule has 1 aromatic heterocycles. The summed E-state index contributed by atoms with van der Waals surface area (Å²) in [5, 5.41) is 3.32. The zero-order valence-electron chi connectivity index (χ0n) is 10.8. The van der Waals surface area contributed by atoms with Gasteiger partial charge in [0.1, 0.15) is 0 Å². The minimum Gasteiger partial charge on any atom is -0.481 e. The Morgan fingerprint density at radius 1 is 1.11 bits per heavy atom. The third-order valence-electron chi connectivity index (χ3n) is 2.95. The topological polar surface area (TPSA) is 34.1 Å². The number of rotatable bonds is 5. The maximum Gasteiger partial charge on any atom is 0.213 e. The number of hydrogen-bond donors (Lipinski definition) is 1. The fraction of sp³-hybridized carbons (Fsp3) is 0.267. The average Bonchev–Trinajstić information content (AvgIpc) is 2.46. The lowest BCUT2D eigenvalue weighted by Gasteiger charge is -2.16. The zero-order valence-corrected chi connectivity index (χ0v) is 10.8. The molecule has 3 nitrogen and oxygen atoms in total. The van der Waals surface area contributed by atoms with Gasteiger partial charge in [0.2, 0.25) is 5.88 Å². The van der Waals surface area contributed by atoms with Gasteiger partial charge in [-0.05, 0) is 18.7 Å². The van der Waals surface area contributed by atoms with E-state index in [2.05, 4.69) is 34.6 Å². The van der Waals surface area contributed by atoms with Gasteiger partial charge in [0.15, 0.2) is 0 Å². The minimum absolute atomic E-state index is 0.269. The van der Waals surface area contributed by atoms with Gasteiger partial charge in [0, 0.05) is 24.2 Å². The highest BCUT2D eigenvalue weighted by atomic mass is 16.5. The molecule has 1 atom stereocenters. The van der Waals surface area contributed by atoms with Crippen molar-refractivity contribution < 1.29 is 4.74 Å². The Kier molecular flexibility index (Phi) is 4.31. The van der Waals surface area contributed by atoms with E-state index in [9.17, 15) is 0 Å². The Balaban J connectivity index is 2.15. The summed E-state index contributed by atoms with van der Waals surface area (Å²) < 4.78 is 5.14. The molecule has 18 heavy (non-hydrogen) atoms. The fourth-order valence-electron chi connectivity index (χ4n) is 1.97. The van der Waals surface area contributed by atoms with Crippen molar-refractivity contribution in [3.05, 3.63) is 59.8 Å². The molecular formula is C15H18N2O. The van der Waals surface area contributed by atoms with Crippen molar-refractivity contribution in [3.8, 4) is 5.88 Å².